The Hall–Kier alpha value is -1.22. The molecule has 0 unspecified atom stereocenters. The van der Waals surface area contributed by atoms with Crippen LogP contribution in [-0.2, 0) is 11.3 Å². The zero-order valence-electron chi connectivity index (χ0n) is 12.1. The van der Waals surface area contributed by atoms with Gasteiger partial charge in [0.2, 0.25) is 5.91 Å². The predicted molar refractivity (Wildman–Crippen MR) is 101 cm³/mol. The zero-order valence-corrected chi connectivity index (χ0v) is 15.3. The third-order valence-corrected chi connectivity index (χ3v) is 4.50. The van der Waals surface area contributed by atoms with Crippen LogP contribution in [0.25, 0.3) is 10.9 Å². The van der Waals surface area contributed by atoms with Gasteiger partial charge in [-0.25, -0.2) is 0 Å². The van der Waals surface area contributed by atoms with Gasteiger partial charge in [0.1, 0.15) is 6.54 Å². The van der Waals surface area contributed by atoms with Crippen molar-refractivity contribution in [3.05, 3.63) is 30.5 Å². The average Bonchev–Trinajstić information content (AvgIpc) is 3.08. The van der Waals surface area contributed by atoms with Gasteiger partial charge in [-0.3, -0.25) is 10.2 Å². The molecule has 0 spiro atoms. The second-order valence-corrected chi connectivity index (χ2v) is 6.28. The number of nitrogens with two attached hydrogens (primary N) is 1. The van der Waals surface area contributed by atoms with E-state index >= 15 is 0 Å². The fourth-order valence-electron chi connectivity index (χ4n) is 2.76. The monoisotopic (exact) mass is 430 g/mol. The summed E-state index contributed by atoms with van der Waals surface area (Å²) in [4.78, 5) is 15.2. The van der Waals surface area contributed by atoms with E-state index in [2.05, 4.69) is 0 Å². The molecule has 2 aromatic rings. The van der Waals surface area contributed by atoms with E-state index in [9.17, 15) is 4.79 Å². The first kappa shape index (κ1) is 17.1. The molecule has 1 amide bonds. The quantitative estimate of drug-likeness (QED) is 0.340. The van der Waals surface area contributed by atoms with E-state index in [0.717, 1.165) is 41.7 Å². The summed E-state index contributed by atoms with van der Waals surface area (Å²) in [6, 6.07) is 7.91. The van der Waals surface area contributed by atoms with E-state index < -0.39 is 0 Å². The van der Waals surface area contributed by atoms with Crippen LogP contribution in [0.5, 0.6) is 0 Å². The number of nitrogens with zero attached hydrogens (tertiary/aromatic N) is 2. The van der Waals surface area contributed by atoms with E-state index in [1.165, 1.54) is 11.8 Å². The smallest absolute Gasteiger partial charge is 0.242 e. The van der Waals surface area contributed by atoms with E-state index in [4.69, 9.17) is 11.1 Å². The summed E-state index contributed by atoms with van der Waals surface area (Å²) in [5.41, 5.74) is 6.50. The van der Waals surface area contributed by atoms with Gasteiger partial charge < -0.3 is 15.2 Å². The largest absolute Gasteiger partial charge is 0.378 e. The lowest BCUT2D eigenvalue weighted by Crippen LogP contribution is -2.30. The van der Waals surface area contributed by atoms with Crippen molar-refractivity contribution in [1.29, 1.82) is 5.41 Å². The van der Waals surface area contributed by atoms with E-state index in [1.807, 2.05) is 39.9 Å². The molecule has 0 bridgehead atoms. The maximum atomic E-state index is 12.3. The lowest BCUT2D eigenvalue weighted by Gasteiger charge is -2.15. The highest BCUT2D eigenvalue weighted by atomic mass is 127. The fraction of sp³-hybridized carbons (Fsp3) is 0.333. The number of hydrogen-bond donors (Lipinski definition) is 2. The number of hydrogen-bond acceptors (Lipinski definition) is 3. The molecule has 0 aliphatic carbocycles. The Kier molecular flexibility index (Phi) is 5.74. The van der Waals surface area contributed by atoms with Gasteiger partial charge >= 0.3 is 0 Å². The average molecular weight is 430 g/mol. The van der Waals surface area contributed by atoms with Crippen LogP contribution in [0.15, 0.2) is 35.4 Å². The number of carbonyl (C=O) groups excluding carboxylic acids is 1. The number of amides is 1. The third-order valence-electron chi connectivity index (χ3n) is 3.74. The molecule has 22 heavy (non-hydrogen) atoms. The third kappa shape index (κ3) is 3.57. The van der Waals surface area contributed by atoms with Crippen molar-refractivity contribution in [3.63, 3.8) is 0 Å². The number of thioether (sulfide) groups is 1. The maximum absolute atomic E-state index is 12.3. The van der Waals surface area contributed by atoms with E-state index in [0.29, 0.717) is 6.54 Å². The molecule has 1 fully saturated rings. The molecule has 0 saturated carbocycles. The number of benzene rings is 1. The summed E-state index contributed by atoms with van der Waals surface area (Å²) >= 11 is 1.22. The number of halogens is 1. The minimum atomic E-state index is 0. The minimum Gasteiger partial charge on any atom is -0.378 e. The molecular formula is C15H19IN4OS. The predicted octanol–water partition coefficient (Wildman–Crippen LogP) is 2.87. The number of fused-ring (bicyclic) bond motifs is 1. The maximum Gasteiger partial charge on any atom is 0.242 e. The molecule has 0 radical (unpaired) electrons. The zero-order chi connectivity index (χ0) is 14.8. The molecule has 7 heteroatoms. The van der Waals surface area contributed by atoms with Crippen LogP contribution >= 0.6 is 35.7 Å². The number of amidine groups is 1. The molecule has 3 N–H and O–H groups in total. The van der Waals surface area contributed by atoms with Crippen molar-refractivity contribution in [2.24, 2.45) is 5.73 Å². The molecule has 0 atom stereocenters. The standard InChI is InChI=1S/C15H18N4OS.HI/c16-15(17)21-13-9-19(12-6-2-1-5-11(12)13)10-14(20)18-7-3-4-8-18;/h1-2,5-6,9H,3-4,7-8,10H2,(H3,16,17);1H. The van der Waals surface area contributed by atoms with Crippen LogP contribution in [0.1, 0.15) is 12.8 Å². The SMILES string of the molecule is I.N=C(N)Sc1cn(CC(=O)N2CCCC2)c2ccccc12. The van der Waals surface area contributed by atoms with E-state index in [1.54, 1.807) is 0 Å². The van der Waals surface area contributed by atoms with Crippen LogP contribution in [0.3, 0.4) is 0 Å². The lowest BCUT2D eigenvalue weighted by molar-refractivity contribution is -0.130. The molecular weight excluding hydrogens is 411 g/mol. The molecule has 1 aliphatic heterocycles. The Morgan fingerprint density at radius 2 is 1.95 bits per heavy atom. The number of carbonyl (C=O) groups is 1. The van der Waals surface area contributed by atoms with Crippen molar-refractivity contribution in [2.45, 2.75) is 24.3 Å². The highest BCUT2D eigenvalue weighted by Gasteiger charge is 2.19. The Bertz CT molecular complexity index is 694. The van der Waals surface area contributed by atoms with Crippen LogP contribution in [-0.4, -0.2) is 33.6 Å². The molecule has 1 aromatic heterocycles. The van der Waals surface area contributed by atoms with Gasteiger partial charge in [0.05, 0.1) is 0 Å². The van der Waals surface area contributed by atoms with Gasteiger partial charge in [0.15, 0.2) is 5.17 Å². The summed E-state index contributed by atoms with van der Waals surface area (Å²) in [5, 5.41) is 8.54. The number of aromatic nitrogens is 1. The van der Waals surface area contributed by atoms with Gasteiger partial charge in [-0.15, -0.1) is 24.0 Å². The summed E-state index contributed by atoms with van der Waals surface area (Å²) in [5.74, 6) is 0.160. The molecule has 5 nitrogen and oxygen atoms in total. The second kappa shape index (κ2) is 7.36. The molecule has 1 aliphatic rings. The van der Waals surface area contributed by atoms with Gasteiger partial charge in [-0.2, -0.15) is 0 Å². The van der Waals surface area contributed by atoms with Gasteiger partial charge in [-0.05, 0) is 18.9 Å². The van der Waals surface area contributed by atoms with Crippen molar-refractivity contribution in [1.82, 2.24) is 9.47 Å². The summed E-state index contributed by atoms with van der Waals surface area (Å²) in [6.07, 6.45) is 4.12. The molecule has 1 aromatic carbocycles. The molecule has 1 saturated heterocycles. The van der Waals surface area contributed by atoms with Gasteiger partial charge in [0, 0.05) is 35.1 Å². The van der Waals surface area contributed by atoms with Gasteiger partial charge in [-0.1, -0.05) is 30.0 Å². The first-order chi connectivity index (χ1) is 10.1. The minimum absolute atomic E-state index is 0. The highest BCUT2D eigenvalue weighted by Crippen LogP contribution is 2.29. The van der Waals surface area contributed by atoms with Crippen molar-refractivity contribution >= 4 is 57.7 Å². The van der Waals surface area contributed by atoms with Crippen molar-refractivity contribution < 1.29 is 4.79 Å². The van der Waals surface area contributed by atoms with Crippen LogP contribution in [0, 0.1) is 5.41 Å². The first-order valence-corrected chi connectivity index (χ1v) is 7.84. The highest BCUT2D eigenvalue weighted by molar-refractivity contribution is 14.0. The van der Waals surface area contributed by atoms with E-state index in [-0.39, 0.29) is 35.1 Å². The summed E-state index contributed by atoms with van der Waals surface area (Å²) in [6.45, 7) is 2.08. The van der Waals surface area contributed by atoms with Crippen molar-refractivity contribution in [3.8, 4) is 0 Å². The lowest BCUT2D eigenvalue weighted by atomic mass is 10.2. The normalized spacial score (nSPS) is 14.1. The van der Waals surface area contributed by atoms with Crippen molar-refractivity contribution in [2.75, 3.05) is 13.1 Å². The number of nitrogens with one attached hydrogen (secondary N) is 1. The first-order valence-electron chi connectivity index (χ1n) is 7.02. The Morgan fingerprint density at radius 1 is 1.27 bits per heavy atom. The second-order valence-electron chi connectivity index (χ2n) is 5.19. The van der Waals surface area contributed by atoms with Crippen LogP contribution in [0.2, 0.25) is 0 Å². The van der Waals surface area contributed by atoms with Crippen LogP contribution in [0.4, 0.5) is 0 Å². The summed E-state index contributed by atoms with van der Waals surface area (Å²) < 4.78 is 1.96. The van der Waals surface area contributed by atoms with Gasteiger partial charge in [0.25, 0.3) is 0 Å². The van der Waals surface area contributed by atoms with Crippen LogP contribution < -0.4 is 5.73 Å². The number of likely N-dealkylation sites (tertiary alicyclic amines) is 1. The Balaban J connectivity index is 0.00000176. The summed E-state index contributed by atoms with van der Waals surface area (Å²) in [7, 11) is 0. The molecule has 118 valence electrons. The number of para-hydroxylation sites is 1. The fourth-order valence-corrected chi connectivity index (χ4v) is 3.46. The number of rotatable bonds is 3. The molecule has 2 heterocycles. The molecule has 3 rings (SSSR count). The Morgan fingerprint density at radius 3 is 2.64 bits per heavy atom. The topological polar surface area (TPSA) is 75.1 Å². The Labute approximate surface area is 150 Å².